The van der Waals surface area contributed by atoms with Crippen molar-refractivity contribution in [2.24, 2.45) is 0 Å². The number of halogens is 1. The van der Waals surface area contributed by atoms with E-state index >= 15 is 0 Å². The zero-order valence-corrected chi connectivity index (χ0v) is 29.4. The van der Waals surface area contributed by atoms with Crippen molar-refractivity contribution in [2.45, 2.75) is 44.2 Å². The number of ether oxygens (including phenoxy) is 2. The summed E-state index contributed by atoms with van der Waals surface area (Å²) in [6, 6.07) is 27.1. The maximum Gasteiger partial charge on any atom is 0.264 e. The van der Waals surface area contributed by atoms with E-state index in [9.17, 15) is 18.0 Å². The maximum atomic E-state index is 14.6. The maximum absolute atomic E-state index is 14.6. The van der Waals surface area contributed by atoms with Gasteiger partial charge in [0, 0.05) is 30.0 Å². The quantitative estimate of drug-likeness (QED) is 0.158. The van der Waals surface area contributed by atoms with Gasteiger partial charge in [-0.25, -0.2) is 8.42 Å². The van der Waals surface area contributed by atoms with Gasteiger partial charge < -0.3 is 19.7 Å². The number of carbonyl (C=O) groups is 2. The molecule has 0 unspecified atom stereocenters. The number of hydrogen-bond acceptors (Lipinski definition) is 6. The van der Waals surface area contributed by atoms with Crippen LogP contribution >= 0.6 is 15.9 Å². The number of aryl methyl sites for hydroxylation is 1. The minimum atomic E-state index is -4.26. The lowest BCUT2D eigenvalue weighted by atomic mass is 10.0. The van der Waals surface area contributed by atoms with Crippen LogP contribution in [0, 0.1) is 6.92 Å². The molecule has 11 heteroatoms. The lowest BCUT2D eigenvalue weighted by molar-refractivity contribution is -0.140. The second-order valence-corrected chi connectivity index (χ2v) is 13.8. The second kappa shape index (κ2) is 16.5. The zero-order valence-electron chi connectivity index (χ0n) is 27.0. The summed E-state index contributed by atoms with van der Waals surface area (Å²) in [7, 11) is -1.32. The average Bonchev–Trinajstić information content (AvgIpc) is 3.07. The highest BCUT2D eigenvalue weighted by atomic mass is 79.9. The molecule has 0 aliphatic carbocycles. The summed E-state index contributed by atoms with van der Waals surface area (Å²) in [6.45, 7) is 3.74. The topological polar surface area (TPSA) is 105 Å². The minimum Gasteiger partial charge on any atom is -0.493 e. The highest BCUT2D eigenvalue weighted by Gasteiger charge is 2.35. The number of amides is 2. The number of nitrogens with zero attached hydrogens (tertiary/aromatic N) is 2. The molecule has 0 spiro atoms. The van der Waals surface area contributed by atoms with Gasteiger partial charge in [-0.15, -0.1) is 0 Å². The Morgan fingerprint density at radius 2 is 1.53 bits per heavy atom. The van der Waals surface area contributed by atoms with Gasteiger partial charge in [-0.2, -0.15) is 0 Å². The molecule has 4 aromatic rings. The minimum absolute atomic E-state index is 0.0192. The Labute approximate surface area is 285 Å². The Morgan fingerprint density at radius 3 is 2.17 bits per heavy atom. The molecule has 1 N–H and O–H groups in total. The Bertz CT molecular complexity index is 1770. The van der Waals surface area contributed by atoms with E-state index in [0.29, 0.717) is 24.5 Å². The summed E-state index contributed by atoms with van der Waals surface area (Å²) in [6.07, 6.45) is 0.947. The van der Waals surface area contributed by atoms with E-state index in [1.54, 1.807) is 24.3 Å². The molecule has 2 amide bonds. The lowest BCUT2D eigenvalue weighted by Crippen LogP contribution is -2.53. The SMILES string of the molecule is CCCNC(=O)[C@H](Cc1ccccc1)N(Cc1cccc(Br)c1)C(=O)CN(c1ccc(OC)c(OC)c1)S(=O)(=O)c1ccc(C)cc1. The monoisotopic (exact) mass is 721 g/mol. The molecular weight excluding hydrogens is 682 g/mol. The number of rotatable bonds is 15. The fourth-order valence-electron chi connectivity index (χ4n) is 5.10. The summed E-state index contributed by atoms with van der Waals surface area (Å²) in [5.41, 5.74) is 2.72. The predicted octanol–water partition coefficient (Wildman–Crippen LogP) is 6.14. The first-order valence-corrected chi connectivity index (χ1v) is 17.5. The van der Waals surface area contributed by atoms with Gasteiger partial charge in [0.1, 0.15) is 12.6 Å². The zero-order chi connectivity index (χ0) is 34.0. The Morgan fingerprint density at radius 1 is 0.851 bits per heavy atom. The van der Waals surface area contributed by atoms with Crippen LogP contribution in [-0.2, 0) is 32.6 Å². The summed E-state index contributed by atoms with van der Waals surface area (Å²) in [5.74, 6) is -0.170. The number of sulfonamides is 1. The molecule has 0 radical (unpaired) electrons. The van der Waals surface area contributed by atoms with Crippen molar-refractivity contribution in [1.82, 2.24) is 10.2 Å². The van der Waals surface area contributed by atoms with Gasteiger partial charge in [0.2, 0.25) is 11.8 Å². The Balaban J connectivity index is 1.84. The highest BCUT2D eigenvalue weighted by molar-refractivity contribution is 9.10. The van der Waals surface area contributed by atoms with Gasteiger partial charge in [-0.05, 0) is 60.9 Å². The number of carbonyl (C=O) groups excluding carboxylic acids is 2. The van der Waals surface area contributed by atoms with Crippen LogP contribution in [0.5, 0.6) is 11.5 Å². The smallest absolute Gasteiger partial charge is 0.264 e. The van der Waals surface area contributed by atoms with Crippen molar-refractivity contribution in [3.05, 3.63) is 118 Å². The van der Waals surface area contributed by atoms with Crippen LogP contribution in [0.1, 0.15) is 30.0 Å². The van der Waals surface area contributed by atoms with E-state index in [1.165, 1.54) is 37.3 Å². The standard InChI is InChI=1S/C36H40BrN3O6S/c1-5-20-38-36(42)32(22-27-10-7-6-8-11-27)39(24-28-12-9-13-29(37)21-28)35(41)25-40(30-16-19-33(45-3)34(23-30)46-4)47(43,44)31-17-14-26(2)15-18-31/h6-19,21,23,32H,5,20,22,24-25H2,1-4H3,(H,38,42)/t32-/m0/s1. The molecular formula is C36H40BrN3O6S. The van der Waals surface area contributed by atoms with E-state index in [4.69, 9.17) is 9.47 Å². The third-order valence-corrected chi connectivity index (χ3v) is 9.89. The van der Waals surface area contributed by atoms with Gasteiger partial charge in [0.15, 0.2) is 11.5 Å². The van der Waals surface area contributed by atoms with Crippen molar-refractivity contribution >= 4 is 43.5 Å². The van der Waals surface area contributed by atoms with Crippen molar-refractivity contribution < 1.29 is 27.5 Å². The van der Waals surface area contributed by atoms with Crippen molar-refractivity contribution in [2.75, 3.05) is 31.6 Å². The first-order valence-electron chi connectivity index (χ1n) is 15.2. The first kappa shape index (κ1) is 35.5. The van der Waals surface area contributed by atoms with Crippen LogP contribution in [0.4, 0.5) is 5.69 Å². The molecule has 47 heavy (non-hydrogen) atoms. The third-order valence-electron chi connectivity index (χ3n) is 7.61. The van der Waals surface area contributed by atoms with E-state index in [0.717, 1.165) is 25.5 Å². The molecule has 0 aliphatic rings. The molecule has 1 atom stereocenters. The number of methoxy groups -OCH3 is 2. The Kier molecular flexibility index (Phi) is 12.4. The van der Waals surface area contributed by atoms with Gasteiger partial charge >= 0.3 is 0 Å². The molecule has 248 valence electrons. The molecule has 0 heterocycles. The van der Waals surface area contributed by atoms with Crippen LogP contribution < -0.4 is 19.1 Å². The molecule has 0 saturated heterocycles. The Hall–Kier alpha value is -4.35. The van der Waals surface area contributed by atoms with Crippen LogP contribution in [0.3, 0.4) is 0 Å². The number of benzene rings is 4. The molecule has 9 nitrogen and oxygen atoms in total. The number of nitrogens with one attached hydrogen (secondary N) is 1. The molecule has 0 aromatic heterocycles. The normalized spacial score (nSPS) is 11.8. The predicted molar refractivity (Wildman–Crippen MR) is 187 cm³/mol. The van der Waals surface area contributed by atoms with Gasteiger partial charge in [0.05, 0.1) is 24.8 Å². The summed E-state index contributed by atoms with van der Waals surface area (Å²) >= 11 is 3.50. The second-order valence-electron chi connectivity index (χ2n) is 11.0. The van der Waals surface area contributed by atoms with E-state index in [1.807, 2.05) is 68.4 Å². The van der Waals surface area contributed by atoms with E-state index < -0.39 is 28.5 Å². The summed E-state index contributed by atoms with van der Waals surface area (Å²) < 4.78 is 41.3. The molecule has 0 saturated carbocycles. The van der Waals surface area contributed by atoms with E-state index in [-0.39, 0.29) is 29.5 Å². The number of hydrogen-bond donors (Lipinski definition) is 1. The molecule has 0 aliphatic heterocycles. The summed E-state index contributed by atoms with van der Waals surface area (Å²) in [5, 5.41) is 2.95. The van der Waals surface area contributed by atoms with Crippen LogP contribution in [-0.4, -0.2) is 58.5 Å². The number of anilines is 1. The van der Waals surface area contributed by atoms with E-state index in [2.05, 4.69) is 21.2 Å². The largest absolute Gasteiger partial charge is 0.493 e. The average molecular weight is 723 g/mol. The molecule has 4 aromatic carbocycles. The van der Waals surface area contributed by atoms with Crippen LogP contribution in [0.15, 0.2) is 106 Å². The molecule has 0 fully saturated rings. The van der Waals surface area contributed by atoms with Crippen molar-refractivity contribution in [1.29, 1.82) is 0 Å². The van der Waals surface area contributed by atoms with Crippen molar-refractivity contribution in [3.8, 4) is 11.5 Å². The van der Waals surface area contributed by atoms with Gasteiger partial charge in [-0.1, -0.05) is 83.0 Å². The third kappa shape index (κ3) is 9.14. The first-order chi connectivity index (χ1) is 22.6. The van der Waals surface area contributed by atoms with Crippen molar-refractivity contribution in [3.63, 3.8) is 0 Å². The molecule has 0 bridgehead atoms. The van der Waals surface area contributed by atoms with Crippen LogP contribution in [0.25, 0.3) is 0 Å². The fraction of sp³-hybridized carbons (Fsp3) is 0.278. The fourth-order valence-corrected chi connectivity index (χ4v) is 6.95. The highest BCUT2D eigenvalue weighted by Crippen LogP contribution is 2.34. The lowest BCUT2D eigenvalue weighted by Gasteiger charge is -2.34. The van der Waals surface area contributed by atoms with Gasteiger partial charge in [-0.3, -0.25) is 13.9 Å². The van der Waals surface area contributed by atoms with Crippen LogP contribution in [0.2, 0.25) is 0 Å². The van der Waals surface area contributed by atoms with Gasteiger partial charge in [0.25, 0.3) is 10.0 Å². The summed E-state index contributed by atoms with van der Waals surface area (Å²) in [4.78, 5) is 29.9. The molecule has 4 rings (SSSR count).